The van der Waals surface area contributed by atoms with E-state index in [1.807, 2.05) is 13.8 Å². The van der Waals surface area contributed by atoms with Crippen molar-refractivity contribution in [3.63, 3.8) is 0 Å². The van der Waals surface area contributed by atoms with Crippen LogP contribution in [-0.4, -0.2) is 49.0 Å². The van der Waals surface area contributed by atoms with Crippen LogP contribution >= 0.6 is 0 Å². The van der Waals surface area contributed by atoms with Crippen molar-refractivity contribution in [2.45, 2.75) is 26.7 Å². The molecule has 0 unspecified atom stereocenters. The highest BCUT2D eigenvalue weighted by Gasteiger charge is 2.22. The van der Waals surface area contributed by atoms with E-state index in [1.54, 1.807) is 0 Å². The molecular formula is C10H21N3. The van der Waals surface area contributed by atoms with Crippen molar-refractivity contribution in [2.24, 2.45) is 4.99 Å². The van der Waals surface area contributed by atoms with Gasteiger partial charge in [-0.25, -0.2) is 0 Å². The van der Waals surface area contributed by atoms with Crippen molar-refractivity contribution in [1.82, 2.24) is 9.80 Å². The van der Waals surface area contributed by atoms with Crippen molar-refractivity contribution in [3.8, 4) is 0 Å². The molecular weight excluding hydrogens is 162 g/mol. The zero-order chi connectivity index (χ0) is 9.68. The van der Waals surface area contributed by atoms with Gasteiger partial charge in [-0.1, -0.05) is 13.8 Å². The molecule has 0 bridgehead atoms. The van der Waals surface area contributed by atoms with Gasteiger partial charge in [-0.15, -0.1) is 0 Å². The molecule has 0 amide bonds. The molecule has 0 aromatic heterocycles. The van der Waals surface area contributed by atoms with Crippen LogP contribution in [0.1, 0.15) is 26.7 Å². The molecule has 0 spiro atoms. The molecule has 0 radical (unpaired) electrons. The highest BCUT2D eigenvalue weighted by atomic mass is 15.4. The number of nitrogens with zero attached hydrogens (tertiary/aromatic N) is 3. The number of fused-ring (bicyclic) bond motifs is 1. The van der Waals surface area contributed by atoms with E-state index in [2.05, 4.69) is 21.8 Å². The third kappa shape index (κ3) is 2.36. The van der Waals surface area contributed by atoms with Crippen LogP contribution in [0.3, 0.4) is 0 Å². The fourth-order valence-electron chi connectivity index (χ4n) is 1.81. The van der Waals surface area contributed by atoms with Gasteiger partial charge in [0, 0.05) is 33.2 Å². The number of guanidine groups is 1. The quantitative estimate of drug-likeness (QED) is 0.565. The normalized spacial score (nSPS) is 21.3. The second-order valence-corrected chi connectivity index (χ2v) is 3.30. The first kappa shape index (κ1) is 10.4. The summed E-state index contributed by atoms with van der Waals surface area (Å²) < 4.78 is 0. The van der Waals surface area contributed by atoms with Gasteiger partial charge < -0.3 is 9.80 Å². The molecule has 1 saturated heterocycles. The zero-order valence-corrected chi connectivity index (χ0v) is 9.08. The van der Waals surface area contributed by atoms with Crippen LogP contribution in [0.5, 0.6) is 0 Å². The first-order valence-corrected chi connectivity index (χ1v) is 5.38. The predicted octanol–water partition coefficient (Wildman–Crippen LogP) is 1.41. The Morgan fingerprint density at radius 2 is 1.77 bits per heavy atom. The highest BCUT2D eigenvalue weighted by molar-refractivity contribution is 5.81. The van der Waals surface area contributed by atoms with Crippen molar-refractivity contribution in [2.75, 3.05) is 33.2 Å². The van der Waals surface area contributed by atoms with Crippen LogP contribution in [-0.2, 0) is 0 Å². The van der Waals surface area contributed by atoms with Gasteiger partial charge in [0.1, 0.15) is 0 Å². The summed E-state index contributed by atoms with van der Waals surface area (Å²) in [7, 11) is 2.14. The molecule has 3 nitrogen and oxygen atoms in total. The Morgan fingerprint density at radius 3 is 2.46 bits per heavy atom. The predicted molar refractivity (Wildman–Crippen MR) is 57.1 cm³/mol. The minimum absolute atomic E-state index is 1.02. The number of aliphatic imine (C=N–C) groups is 1. The lowest BCUT2D eigenvalue weighted by Crippen LogP contribution is -2.50. The molecule has 2 heterocycles. The summed E-state index contributed by atoms with van der Waals surface area (Å²) >= 11 is 0. The van der Waals surface area contributed by atoms with Gasteiger partial charge in [-0.2, -0.15) is 0 Å². The van der Waals surface area contributed by atoms with Crippen LogP contribution < -0.4 is 0 Å². The average molecular weight is 183 g/mol. The van der Waals surface area contributed by atoms with Crippen molar-refractivity contribution >= 4 is 5.96 Å². The molecule has 0 N–H and O–H groups in total. The first-order chi connectivity index (χ1) is 6.38. The molecule has 0 aromatic rings. The van der Waals surface area contributed by atoms with E-state index < -0.39 is 0 Å². The maximum Gasteiger partial charge on any atom is 0.196 e. The molecule has 13 heavy (non-hydrogen) atoms. The molecule has 0 atom stereocenters. The summed E-state index contributed by atoms with van der Waals surface area (Å²) in [6, 6.07) is 0. The molecule has 0 aliphatic carbocycles. The molecule has 0 saturated carbocycles. The van der Waals surface area contributed by atoms with Gasteiger partial charge in [0.15, 0.2) is 5.96 Å². The minimum Gasteiger partial charge on any atom is -0.346 e. The van der Waals surface area contributed by atoms with E-state index in [1.165, 1.54) is 38.4 Å². The third-order valence-corrected chi connectivity index (χ3v) is 2.39. The lowest BCUT2D eigenvalue weighted by atomic mass is 10.2. The van der Waals surface area contributed by atoms with Crippen LogP contribution in [0.4, 0.5) is 0 Å². The van der Waals surface area contributed by atoms with Crippen LogP contribution in [0, 0.1) is 0 Å². The van der Waals surface area contributed by atoms with E-state index in [4.69, 9.17) is 0 Å². The smallest absolute Gasteiger partial charge is 0.196 e. The fraction of sp³-hybridized carbons (Fsp3) is 0.900. The standard InChI is InChI=1S/C8H15N3.C2H6/c1-10-5-3-7-11-6-2-4-9-8(10)11;1-2/h2-7H2,1H3;1-2H3. The summed E-state index contributed by atoms with van der Waals surface area (Å²) in [4.78, 5) is 9.16. The van der Waals surface area contributed by atoms with Gasteiger partial charge in [-0.3, -0.25) is 4.99 Å². The summed E-state index contributed by atoms with van der Waals surface area (Å²) in [5.41, 5.74) is 0. The number of rotatable bonds is 0. The summed E-state index contributed by atoms with van der Waals surface area (Å²) in [5.74, 6) is 1.22. The topological polar surface area (TPSA) is 18.8 Å². The van der Waals surface area contributed by atoms with Crippen LogP contribution in [0.25, 0.3) is 0 Å². The van der Waals surface area contributed by atoms with Gasteiger partial charge in [0.2, 0.25) is 0 Å². The summed E-state index contributed by atoms with van der Waals surface area (Å²) in [6.07, 6.45) is 2.52. The monoisotopic (exact) mass is 183 g/mol. The average Bonchev–Trinajstić information content (AvgIpc) is 2.22. The maximum atomic E-state index is 4.50. The zero-order valence-electron chi connectivity index (χ0n) is 9.08. The SMILES string of the molecule is CC.CN1CCCN2CCCN=C12. The largest absolute Gasteiger partial charge is 0.346 e. The Kier molecular flexibility index (Phi) is 4.06. The van der Waals surface area contributed by atoms with E-state index in [9.17, 15) is 0 Å². The highest BCUT2D eigenvalue weighted by Crippen LogP contribution is 2.11. The second kappa shape index (κ2) is 5.10. The molecule has 2 rings (SSSR count). The third-order valence-electron chi connectivity index (χ3n) is 2.39. The van der Waals surface area contributed by atoms with Gasteiger partial charge >= 0.3 is 0 Å². The second-order valence-electron chi connectivity index (χ2n) is 3.30. The van der Waals surface area contributed by atoms with Crippen molar-refractivity contribution < 1.29 is 0 Å². The molecule has 76 valence electrons. The van der Waals surface area contributed by atoms with Crippen LogP contribution in [0.2, 0.25) is 0 Å². The van der Waals surface area contributed by atoms with E-state index in [0.717, 1.165) is 6.54 Å². The van der Waals surface area contributed by atoms with Crippen molar-refractivity contribution in [1.29, 1.82) is 0 Å². The van der Waals surface area contributed by atoms with Crippen molar-refractivity contribution in [3.05, 3.63) is 0 Å². The summed E-state index contributed by atoms with van der Waals surface area (Å²) in [6.45, 7) is 8.62. The van der Waals surface area contributed by atoms with Gasteiger partial charge in [0.05, 0.1) is 0 Å². The van der Waals surface area contributed by atoms with Crippen LogP contribution in [0.15, 0.2) is 4.99 Å². The van der Waals surface area contributed by atoms with E-state index in [0.29, 0.717) is 0 Å². The maximum absolute atomic E-state index is 4.50. The lowest BCUT2D eigenvalue weighted by molar-refractivity contribution is 0.269. The molecule has 3 heteroatoms. The Labute approximate surface area is 81.4 Å². The lowest BCUT2D eigenvalue weighted by Gasteiger charge is -2.39. The fourth-order valence-corrected chi connectivity index (χ4v) is 1.81. The number of hydrogen-bond acceptors (Lipinski definition) is 3. The Bertz CT molecular complexity index is 177. The molecule has 2 aliphatic rings. The molecule has 2 aliphatic heterocycles. The Balaban J connectivity index is 0.000000396. The van der Waals surface area contributed by atoms with E-state index in [-0.39, 0.29) is 0 Å². The van der Waals surface area contributed by atoms with Gasteiger partial charge in [0.25, 0.3) is 0 Å². The number of hydrogen-bond donors (Lipinski definition) is 0. The van der Waals surface area contributed by atoms with E-state index >= 15 is 0 Å². The molecule has 1 fully saturated rings. The molecule has 0 aromatic carbocycles. The van der Waals surface area contributed by atoms with Gasteiger partial charge in [-0.05, 0) is 12.8 Å². The Morgan fingerprint density at radius 1 is 1.08 bits per heavy atom. The Hall–Kier alpha value is -0.730. The first-order valence-electron chi connectivity index (χ1n) is 5.38. The minimum atomic E-state index is 1.02. The summed E-state index contributed by atoms with van der Waals surface area (Å²) in [5, 5.41) is 0.